The molecule has 1 aromatic carbocycles. The van der Waals surface area contributed by atoms with Gasteiger partial charge >= 0.3 is 0 Å². The Balaban J connectivity index is 1.68. The first-order valence-electron chi connectivity index (χ1n) is 7.70. The quantitative estimate of drug-likeness (QED) is 0.885. The minimum Gasteiger partial charge on any atom is -0.419 e. The van der Waals surface area contributed by atoms with Crippen molar-refractivity contribution in [1.29, 1.82) is 0 Å². The molecule has 118 valence electrons. The van der Waals surface area contributed by atoms with Crippen LogP contribution in [0.25, 0.3) is 11.5 Å². The SMILES string of the molecule is OCCCC1CCCN1Cc1nnc(-c2ccccc2Cl)o1. The molecule has 2 heterocycles. The fraction of sp³-hybridized carbons (Fsp3) is 0.500. The van der Waals surface area contributed by atoms with Crippen molar-refractivity contribution in [2.45, 2.75) is 38.3 Å². The van der Waals surface area contributed by atoms with E-state index in [1.165, 1.54) is 12.8 Å². The van der Waals surface area contributed by atoms with Crippen LogP contribution in [-0.2, 0) is 6.54 Å². The maximum absolute atomic E-state index is 8.99. The Morgan fingerprint density at radius 2 is 2.18 bits per heavy atom. The van der Waals surface area contributed by atoms with Gasteiger partial charge in [0.2, 0.25) is 11.8 Å². The monoisotopic (exact) mass is 321 g/mol. The maximum atomic E-state index is 8.99. The van der Waals surface area contributed by atoms with Gasteiger partial charge in [-0.05, 0) is 44.4 Å². The van der Waals surface area contributed by atoms with Gasteiger partial charge in [-0.25, -0.2) is 0 Å². The van der Waals surface area contributed by atoms with E-state index in [0.717, 1.165) is 24.9 Å². The van der Waals surface area contributed by atoms with E-state index in [1.807, 2.05) is 24.3 Å². The molecule has 1 aliphatic heterocycles. The summed E-state index contributed by atoms with van der Waals surface area (Å²) in [6.45, 7) is 1.95. The maximum Gasteiger partial charge on any atom is 0.249 e. The van der Waals surface area contributed by atoms with Crippen LogP contribution in [0.4, 0.5) is 0 Å². The summed E-state index contributed by atoms with van der Waals surface area (Å²) in [6.07, 6.45) is 4.21. The molecule has 0 radical (unpaired) electrons. The first-order valence-corrected chi connectivity index (χ1v) is 8.08. The molecule has 0 spiro atoms. The van der Waals surface area contributed by atoms with Crippen LogP contribution in [0.5, 0.6) is 0 Å². The second-order valence-corrected chi connectivity index (χ2v) is 6.02. The summed E-state index contributed by atoms with van der Waals surface area (Å²) in [4.78, 5) is 2.36. The fourth-order valence-corrected chi connectivity index (χ4v) is 3.21. The van der Waals surface area contributed by atoms with Crippen molar-refractivity contribution >= 4 is 11.6 Å². The van der Waals surface area contributed by atoms with Crippen LogP contribution in [-0.4, -0.2) is 39.4 Å². The highest BCUT2D eigenvalue weighted by Crippen LogP contribution is 2.28. The third-order valence-corrected chi connectivity index (χ3v) is 4.43. The second kappa shape index (κ2) is 7.22. The number of aliphatic hydroxyl groups excluding tert-OH is 1. The van der Waals surface area contributed by atoms with Gasteiger partial charge in [0.05, 0.1) is 17.1 Å². The molecule has 0 aliphatic carbocycles. The van der Waals surface area contributed by atoms with E-state index in [2.05, 4.69) is 15.1 Å². The summed E-state index contributed by atoms with van der Waals surface area (Å²) in [6, 6.07) is 7.96. The standard InChI is InChI=1S/C16H20ClN3O2/c17-14-8-2-1-7-13(14)16-19-18-15(22-16)11-20-9-3-5-12(20)6-4-10-21/h1-2,7-8,12,21H,3-6,9-11H2. The van der Waals surface area contributed by atoms with E-state index in [1.54, 1.807) is 0 Å². The predicted molar refractivity (Wildman–Crippen MR) is 84.5 cm³/mol. The Morgan fingerprint density at radius 3 is 3.00 bits per heavy atom. The molecule has 1 aliphatic rings. The Hall–Kier alpha value is -1.43. The van der Waals surface area contributed by atoms with Crippen LogP contribution in [0.15, 0.2) is 28.7 Å². The normalized spacial score (nSPS) is 18.9. The van der Waals surface area contributed by atoms with Gasteiger partial charge in [0.15, 0.2) is 0 Å². The number of aliphatic hydroxyl groups is 1. The molecule has 1 aromatic heterocycles. The third-order valence-electron chi connectivity index (χ3n) is 4.10. The molecule has 1 fully saturated rings. The van der Waals surface area contributed by atoms with Crippen LogP contribution < -0.4 is 0 Å². The van der Waals surface area contributed by atoms with Crippen molar-refractivity contribution in [2.24, 2.45) is 0 Å². The zero-order chi connectivity index (χ0) is 15.4. The largest absolute Gasteiger partial charge is 0.419 e. The molecular weight excluding hydrogens is 302 g/mol. The van der Waals surface area contributed by atoms with Crippen LogP contribution >= 0.6 is 11.6 Å². The minimum atomic E-state index is 0.252. The Kier molecular flexibility index (Phi) is 5.08. The zero-order valence-electron chi connectivity index (χ0n) is 12.4. The summed E-state index contributed by atoms with van der Waals surface area (Å²) in [5, 5.41) is 17.9. The average Bonchev–Trinajstić information content (AvgIpc) is 3.16. The molecular formula is C16H20ClN3O2. The summed E-state index contributed by atoms with van der Waals surface area (Å²) >= 11 is 6.16. The number of rotatable bonds is 6. The lowest BCUT2D eigenvalue weighted by Gasteiger charge is -2.22. The second-order valence-electron chi connectivity index (χ2n) is 5.61. The van der Waals surface area contributed by atoms with Crippen LogP contribution in [0.2, 0.25) is 5.02 Å². The summed E-state index contributed by atoms with van der Waals surface area (Å²) in [7, 11) is 0. The molecule has 6 heteroatoms. The fourth-order valence-electron chi connectivity index (χ4n) is 2.99. The van der Waals surface area contributed by atoms with E-state index in [9.17, 15) is 0 Å². The topological polar surface area (TPSA) is 62.4 Å². The lowest BCUT2D eigenvalue weighted by molar-refractivity contribution is 0.195. The zero-order valence-corrected chi connectivity index (χ0v) is 13.2. The molecule has 1 saturated heterocycles. The van der Waals surface area contributed by atoms with Gasteiger partial charge in [0, 0.05) is 12.6 Å². The van der Waals surface area contributed by atoms with Crippen molar-refractivity contribution in [2.75, 3.05) is 13.2 Å². The molecule has 3 rings (SSSR count). The van der Waals surface area contributed by atoms with E-state index >= 15 is 0 Å². The highest BCUT2D eigenvalue weighted by Gasteiger charge is 2.25. The lowest BCUT2D eigenvalue weighted by Crippen LogP contribution is -2.29. The number of aromatic nitrogens is 2. The van der Waals surface area contributed by atoms with Gasteiger partial charge < -0.3 is 9.52 Å². The number of hydrogen-bond acceptors (Lipinski definition) is 5. The number of benzene rings is 1. The van der Waals surface area contributed by atoms with Crippen LogP contribution in [0.3, 0.4) is 0 Å². The molecule has 5 nitrogen and oxygen atoms in total. The van der Waals surface area contributed by atoms with Gasteiger partial charge in [0.1, 0.15) is 0 Å². The lowest BCUT2D eigenvalue weighted by atomic mass is 10.1. The summed E-state index contributed by atoms with van der Waals surface area (Å²) < 4.78 is 5.77. The first kappa shape index (κ1) is 15.5. The molecule has 22 heavy (non-hydrogen) atoms. The van der Waals surface area contributed by atoms with Gasteiger partial charge in [-0.2, -0.15) is 0 Å². The minimum absolute atomic E-state index is 0.252. The number of nitrogens with zero attached hydrogens (tertiary/aromatic N) is 3. The Bertz CT molecular complexity index is 617. The number of hydrogen-bond donors (Lipinski definition) is 1. The molecule has 0 saturated carbocycles. The molecule has 1 N–H and O–H groups in total. The van der Waals surface area contributed by atoms with Crippen LogP contribution in [0, 0.1) is 0 Å². The number of halogens is 1. The highest BCUT2D eigenvalue weighted by molar-refractivity contribution is 6.33. The van der Waals surface area contributed by atoms with Crippen molar-refractivity contribution < 1.29 is 9.52 Å². The van der Waals surface area contributed by atoms with Crippen molar-refractivity contribution in [1.82, 2.24) is 15.1 Å². The smallest absolute Gasteiger partial charge is 0.249 e. The first-order chi connectivity index (χ1) is 10.8. The summed E-state index contributed by atoms with van der Waals surface area (Å²) in [5.74, 6) is 1.08. The molecule has 2 aromatic rings. The van der Waals surface area contributed by atoms with Gasteiger partial charge in [0.25, 0.3) is 0 Å². The van der Waals surface area contributed by atoms with E-state index < -0.39 is 0 Å². The van der Waals surface area contributed by atoms with E-state index in [4.69, 9.17) is 21.1 Å². The molecule has 0 bridgehead atoms. The Labute approximate surface area is 134 Å². The predicted octanol–water partition coefficient (Wildman–Crippen LogP) is 3.13. The van der Waals surface area contributed by atoms with E-state index in [-0.39, 0.29) is 6.61 Å². The highest BCUT2D eigenvalue weighted by atomic mass is 35.5. The summed E-state index contributed by atoms with van der Waals surface area (Å²) in [5.41, 5.74) is 0.765. The number of likely N-dealkylation sites (tertiary alicyclic amines) is 1. The van der Waals surface area contributed by atoms with Crippen molar-refractivity contribution in [3.63, 3.8) is 0 Å². The molecule has 0 amide bonds. The van der Waals surface area contributed by atoms with Crippen molar-refractivity contribution in [3.8, 4) is 11.5 Å². The third kappa shape index (κ3) is 3.48. The van der Waals surface area contributed by atoms with Gasteiger partial charge in [-0.15, -0.1) is 10.2 Å². The van der Waals surface area contributed by atoms with Gasteiger partial charge in [-0.3, -0.25) is 4.90 Å². The molecule has 1 unspecified atom stereocenters. The molecule has 1 atom stereocenters. The van der Waals surface area contributed by atoms with Crippen LogP contribution in [0.1, 0.15) is 31.6 Å². The Morgan fingerprint density at radius 1 is 1.32 bits per heavy atom. The van der Waals surface area contributed by atoms with Crippen molar-refractivity contribution in [3.05, 3.63) is 35.2 Å². The van der Waals surface area contributed by atoms with Gasteiger partial charge in [-0.1, -0.05) is 23.7 Å². The average molecular weight is 322 g/mol. The van der Waals surface area contributed by atoms with E-state index in [0.29, 0.717) is 29.4 Å².